The van der Waals surface area contributed by atoms with Crippen LogP contribution in [0.4, 0.5) is 0 Å². The van der Waals surface area contributed by atoms with Crippen molar-refractivity contribution in [1.82, 2.24) is 0 Å². The zero-order valence-corrected chi connectivity index (χ0v) is 38.4. The molecule has 0 amide bonds. The highest BCUT2D eigenvalue weighted by Crippen LogP contribution is 2.48. The Morgan fingerprint density at radius 1 is 0.779 bits per heavy atom. The van der Waals surface area contributed by atoms with Crippen LogP contribution < -0.4 is 14.2 Å². The van der Waals surface area contributed by atoms with Crippen LogP contribution in [0.3, 0.4) is 0 Å². The Balaban J connectivity index is 1.40. The Bertz CT molecular complexity index is 2140. The van der Waals surface area contributed by atoms with Crippen molar-refractivity contribution in [3.63, 3.8) is 0 Å². The Labute approximate surface area is 390 Å². The first-order valence-electron chi connectivity index (χ1n) is 22.0. The number of benzene rings is 2. The minimum atomic E-state index is -2.00. The summed E-state index contributed by atoms with van der Waals surface area (Å²) in [7, 11) is 1.45. The van der Waals surface area contributed by atoms with Gasteiger partial charge in [0.25, 0.3) is 0 Å². The zero-order chi connectivity index (χ0) is 49.9. The second-order valence-corrected chi connectivity index (χ2v) is 17.4. The van der Waals surface area contributed by atoms with Gasteiger partial charge in [0.05, 0.1) is 19.3 Å². The number of carbonyl (C=O) groups is 4. The molecule has 68 heavy (non-hydrogen) atoms. The summed E-state index contributed by atoms with van der Waals surface area (Å²) < 4.78 is 58.5. The van der Waals surface area contributed by atoms with E-state index in [1.165, 1.54) is 14.0 Å². The van der Waals surface area contributed by atoms with Crippen molar-refractivity contribution in [2.45, 2.75) is 152 Å². The lowest BCUT2D eigenvalue weighted by molar-refractivity contribution is -0.361. The third-order valence-corrected chi connectivity index (χ3v) is 12.1. The molecular weight excluding hydrogens is 904 g/mol. The van der Waals surface area contributed by atoms with Crippen molar-refractivity contribution in [1.29, 1.82) is 0 Å². The fourth-order valence-electron chi connectivity index (χ4n) is 8.59. The molecule has 17 unspecified atom stereocenters. The van der Waals surface area contributed by atoms with Crippen LogP contribution in [-0.2, 0) is 54.0 Å². The van der Waals surface area contributed by atoms with Gasteiger partial charge < -0.3 is 88.2 Å². The molecule has 17 atom stereocenters. The van der Waals surface area contributed by atoms with Crippen molar-refractivity contribution in [3.8, 4) is 23.0 Å². The lowest BCUT2D eigenvalue weighted by atomic mass is 9.81. The number of ether oxygens (including phenoxy) is 10. The SMILES string of the molecule is COc1ccc(C2Oc3c(CC=C(C)C)c(OC4CC(CO)C(O)C(O)C4O)cc(O)c3C(=O)C2OC2OC(C)C(OC(C)=O)C(OC3OC(COC(C)=O)C(O)C(O)C3OC(C)=O)C2O)cc1. The highest BCUT2D eigenvalue weighted by Gasteiger charge is 2.55. The number of rotatable bonds is 15. The van der Waals surface area contributed by atoms with E-state index in [9.17, 15) is 55.2 Å². The van der Waals surface area contributed by atoms with Gasteiger partial charge in [-0.15, -0.1) is 0 Å². The Kier molecular flexibility index (Phi) is 17.1. The standard InChI is InChI=1S/C46H60O22/c1-18(2)8-13-26-28(64-29-14-24(16-47)32(52)36(56)33(29)53)15-27(51)31-35(55)42(40(66-41(26)31)23-9-11-25(59-7)12-10-23)67-45-38(58)43(39(19(3)61-45)62-21(5)49)68-46-44(63-22(6)50)37(57)34(54)30(65-46)17-60-20(4)48/h8-12,15,19,24,29-30,32-34,36-40,42-47,51-54,56-58H,13-14,16-17H2,1-7H3. The number of aliphatic hydroxyl groups is 7. The van der Waals surface area contributed by atoms with Gasteiger partial charge in [0.1, 0.15) is 84.0 Å². The number of Topliss-reactive ketones (excluding diaryl/α,β-unsaturated/α-hetero) is 1. The minimum Gasteiger partial charge on any atom is -0.507 e. The van der Waals surface area contributed by atoms with Gasteiger partial charge >= 0.3 is 17.9 Å². The number of phenolic OH excluding ortho intramolecular Hbond substituents is 1. The van der Waals surface area contributed by atoms with Crippen LogP contribution in [-0.4, -0.2) is 177 Å². The van der Waals surface area contributed by atoms with E-state index in [1.54, 1.807) is 30.3 Å². The van der Waals surface area contributed by atoms with E-state index >= 15 is 4.79 Å². The molecule has 0 aromatic heterocycles. The van der Waals surface area contributed by atoms with Crippen molar-refractivity contribution in [2.24, 2.45) is 5.92 Å². The number of allylic oxidation sites excluding steroid dienone is 2. The first kappa shape index (κ1) is 52.4. The number of hydrogen-bond donors (Lipinski definition) is 8. The molecule has 22 nitrogen and oxygen atoms in total. The number of esters is 3. The molecule has 3 aliphatic heterocycles. The fourth-order valence-corrected chi connectivity index (χ4v) is 8.59. The van der Waals surface area contributed by atoms with Crippen molar-refractivity contribution in [2.75, 3.05) is 20.3 Å². The van der Waals surface area contributed by atoms with E-state index in [2.05, 4.69) is 0 Å². The minimum absolute atomic E-state index is 0.0510. The van der Waals surface area contributed by atoms with Gasteiger partial charge in [-0.2, -0.15) is 0 Å². The van der Waals surface area contributed by atoms with Gasteiger partial charge in [-0.25, -0.2) is 0 Å². The summed E-state index contributed by atoms with van der Waals surface area (Å²) in [6.07, 6.45) is -24.3. The molecule has 3 heterocycles. The Morgan fingerprint density at radius 3 is 2.04 bits per heavy atom. The van der Waals surface area contributed by atoms with Gasteiger partial charge in [-0.1, -0.05) is 23.8 Å². The number of hydrogen-bond acceptors (Lipinski definition) is 22. The predicted molar refractivity (Wildman–Crippen MR) is 228 cm³/mol. The highest BCUT2D eigenvalue weighted by molar-refractivity contribution is 6.06. The van der Waals surface area contributed by atoms with E-state index in [1.807, 2.05) is 13.8 Å². The summed E-state index contributed by atoms with van der Waals surface area (Å²) in [5.74, 6) is -4.67. The molecule has 1 aliphatic carbocycles. The second-order valence-electron chi connectivity index (χ2n) is 17.4. The maximum atomic E-state index is 15.0. The van der Waals surface area contributed by atoms with Crippen LogP contribution in [0.2, 0.25) is 0 Å². The molecule has 376 valence electrons. The zero-order valence-electron chi connectivity index (χ0n) is 38.4. The summed E-state index contributed by atoms with van der Waals surface area (Å²) in [4.78, 5) is 51.3. The van der Waals surface area contributed by atoms with E-state index in [-0.39, 0.29) is 35.5 Å². The number of phenols is 1. The van der Waals surface area contributed by atoms with Gasteiger partial charge in [-0.05, 0) is 51.3 Å². The lowest BCUT2D eigenvalue weighted by Crippen LogP contribution is -2.65. The number of fused-ring (bicyclic) bond motifs is 1. The molecule has 1 saturated carbocycles. The van der Waals surface area contributed by atoms with Gasteiger partial charge in [0.2, 0.25) is 5.78 Å². The number of aromatic hydroxyl groups is 1. The van der Waals surface area contributed by atoms with Crippen LogP contribution in [0.15, 0.2) is 42.0 Å². The van der Waals surface area contributed by atoms with Crippen LogP contribution in [0.5, 0.6) is 23.0 Å². The molecule has 2 aromatic rings. The van der Waals surface area contributed by atoms with E-state index in [4.69, 9.17) is 47.4 Å². The number of methoxy groups -OCH3 is 1. The van der Waals surface area contributed by atoms with E-state index in [0.29, 0.717) is 11.3 Å². The molecule has 0 bridgehead atoms. The first-order valence-corrected chi connectivity index (χ1v) is 22.0. The second kappa shape index (κ2) is 22.2. The average Bonchev–Trinajstić information content (AvgIpc) is 3.28. The first-order chi connectivity index (χ1) is 32.1. The highest BCUT2D eigenvalue weighted by atomic mass is 16.8. The molecule has 0 spiro atoms. The van der Waals surface area contributed by atoms with Crippen LogP contribution in [0, 0.1) is 5.92 Å². The van der Waals surface area contributed by atoms with Crippen LogP contribution >= 0.6 is 0 Å². The van der Waals surface area contributed by atoms with Crippen LogP contribution in [0.1, 0.15) is 75.6 Å². The summed E-state index contributed by atoms with van der Waals surface area (Å²) in [6, 6.07) is 7.47. The molecule has 6 rings (SSSR count). The monoisotopic (exact) mass is 964 g/mol. The number of aliphatic hydroxyl groups excluding tert-OH is 7. The molecule has 0 radical (unpaired) electrons. The average molecular weight is 965 g/mol. The molecule has 4 aliphatic rings. The van der Waals surface area contributed by atoms with Gasteiger partial charge in [0, 0.05) is 44.9 Å². The van der Waals surface area contributed by atoms with Crippen molar-refractivity contribution in [3.05, 3.63) is 58.7 Å². The van der Waals surface area contributed by atoms with E-state index in [0.717, 1.165) is 32.4 Å². The molecular formula is C46H60O22. The van der Waals surface area contributed by atoms with Gasteiger partial charge in [0.15, 0.2) is 37.0 Å². The molecule has 2 saturated heterocycles. The summed E-state index contributed by atoms with van der Waals surface area (Å²) in [5, 5.41) is 87.7. The summed E-state index contributed by atoms with van der Waals surface area (Å²) >= 11 is 0. The Hall–Kier alpha value is -4.98. The van der Waals surface area contributed by atoms with Crippen LogP contribution in [0.25, 0.3) is 0 Å². The maximum absolute atomic E-state index is 15.0. The van der Waals surface area contributed by atoms with Gasteiger partial charge in [-0.3, -0.25) is 19.2 Å². The quantitative estimate of drug-likeness (QED) is 0.0652. The van der Waals surface area contributed by atoms with Crippen molar-refractivity contribution >= 4 is 23.7 Å². The molecule has 22 heteroatoms. The number of ketones is 1. The maximum Gasteiger partial charge on any atom is 0.303 e. The summed E-state index contributed by atoms with van der Waals surface area (Å²) in [5.41, 5.74) is 1.03. The third kappa shape index (κ3) is 11.4. The molecule has 8 N–H and O–H groups in total. The molecule has 3 fully saturated rings. The normalized spacial score (nSPS) is 34.7. The Morgan fingerprint density at radius 2 is 1.44 bits per heavy atom. The number of carbonyl (C=O) groups excluding carboxylic acids is 4. The largest absolute Gasteiger partial charge is 0.507 e. The summed E-state index contributed by atoms with van der Waals surface area (Å²) in [6.45, 7) is 7.15. The topological polar surface area (TPSA) is 322 Å². The smallest absolute Gasteiger partial charge is 0.303 e. The third-order valence-electron chi connectivity index (χ3n) is 12.1. The molecule has 2 aromatic carbocycles. The lowest BCUT2D eigenvalue weighted by Gasteiger charge is -2.47. The van der Waals surface area contributed by atoms with E-state index < -0.39 is 147 Å². The fraction of sp³-hybridized carbons (Fsp3) is 0.609. The van der Waals surface area contributed by atoms with Crippen molar-refractivity contribution < 1.29 is 107 Å². The predicted octanol–water partition coefficient (Wildman–Crippen LogP) is -0.182.